The molecule has 0 aromatic heterocycles. The van der Waals surface area contributed by atoms with Crippen LogP contribution < -0.4 is 5.73 Å². The molecule has 0 aromatic rings. The summed E-state index contributed by atoms with van der Waals surface area (Å²) in [6.45, 7) is 26.1. The fourth-order valence-corrected chi connectivity index (χ4v) is 5.72. The van der Waals surface area contributed by atoms with Gasteiger partial charge in [0, 0.05) is 17.8 Å². The van der Waals surface area contributed by atoms with E-state index < -0.39 is 26.4 Å². The summed E-state index contributed by atoms with van der Waals surface area (Å²) in [5.41, 5.74) is 6.34. The Labute approximate surface area is 220 Å². The van der Waals surface area contributed by atoms with Gasteiger partial charge in [0.05, 0.1) is 12.0 Å². The maximum absolute atomic E-state index is 13.3. The number of ketones is 1. The van der Waals surface area contributed by atoms with Gasteiger partial charge in [0.2, 0.25) is 0 Å². The molecule has 0 aliphatic heterocycles. The molecule has 7 heteroatoms. The minimum atomic E-state index is -2.08. The molecule has 7 atom stereocenters. The second-order valence-corrected chi connectivity index (χ2v) is 16.6. The SMILES string of the molecule is C=C/C=C\[C@H](C)[C@H](OC(N)=O)[C@@H](C)C(=O)[C@@H](C)C/C(C)=C\[C@H](C)[C@@H](O[Si](C)(C)C(C)(C)C)[C@@H](C)C=O. The van der Waals surface area contributed by atoms with E-state index in [1.165, 1.54) is 0 Å². The summed E-state index contributed by atoms with van der Waals surface area (Å²) in [7, 11) is -2.08. The van der Waals surface area contributed by atoms with Crippen molar-refractivity contribution in [2.24, 2.45) is 35.3 Å². The summed E-state index contributed by atoms with van der Waals surface area (Å²) >= 11 is 0. The summed E-state index contributed by atoms with van der Waals surface area (Å²) in [4.78, 5) is 36.5. The molecule has 0 aliphatic carbocycles. The van der Waals surface area contributed by atoms with Gasteiger partial charge in [-0.05, 0) is 37.4 Å². The molecule has 0 saturated carbocycles. The molecule has 0 saturated heterocycles. The van der Waals surface area contributed by atoms with Crippen molar-refractivity contribution in [1.82, 2.24) is 0 Å². The smallest absolute Gasteiger partial charge is 0.404 e. The van der Waals surface area contributed by atoms with Gasteiger partial charge in [-0.3, -0.25) is 4.79 Å². The van der Waals surface area contributed by atoms with Crippen molar-refractivity contribution >= 4 is 26.5 Å². The minimum absolute atomic E-state index is 0.00839. The van der Waals surface area contributed by atoms with E-state index in [1.807, 2.05) is 33.8 Å². The number of carbonyl (C=O) groups is 3. The van der Waals surface area contributed by atoms with Crippen molar-refractivity contribution in [3.05, 3.63) is 36.5 Å². The van der Waals surface area contributed by atoms with Gasteiger partial charge in [0.25, 0.3) is 0 Å². The fourth-order valence-electron chi connectivity index (χ4n) is 4.26. The van der Waals surface area contributed by atoms with Crippen LogP contribution >= 0.6 is 0 Å². The van der Waals surface area contributed by atoms with Crippen LogP contribution in [-0.2, 0) is 18.8 Å². The quantitative estimate of drug-likeness (QED) is 0.110. The third kappa shape index (κ3) is 10.6. The van der Waals surface area contributed by atoms with Crippen molar-refractivity contribution in [2.75, 3.05) is 0 Å². The third-order valence-electron chi connectivity index (χ3n) is 7.41. The van der Waals surface area contributed by atoms with E-state index in [2.05, 4.69) is 53.4 Å². The number of ether oxygens (including phenoxy) is 1. The summed E-state index contributed by atoms with van der Waals surface area (Å²) < 4.78 is 12.0. The molecule has 0 heterocycles. The molecule has 0 bridgehead atoms. The Kier molecular flexibility index (Phi) is 13.9. The average molecular weight is 522 g/mol. The van der Waals surface area contributed by atoms with E-state index in [9.17, 15) is 14.4 Å². The molecular formula is C29H51NO5Si. The number of hydrogen-bond acceptors (Lipinski definition) is 5. The first kappa shape index (κ1) is 34.0. The normalized spacial score (nSPS) is 19.0. The van der Waals surface area contributed by atoms with Gasteiger partial charge in [-0.2, -0.15) is 0 Å². The molecule has 36 heavy (non-hydrogen) atoms. The molecule has 6 nitrogen and oxygen atoms in total. The first-order chi connectivity index (χ1) is 16.4. The van der Waals surface area contributed by atoms with E-state index in [-0.39, 0.29) is 40.6 Å². The monoisotopic (exact) mass is 521 g/mol. The summed E-state index contributed by atoms with van der Waals surface area (Å²) in [5.74, 6) is -1.22. The van der Waals surface area contributed by atoms with Crippen LogP contribution in [0.1, 0.15) is 68.7 Å². The van der Waals surface area contributed by atoms with Crippen LogP contribution in [-0.4, -0.2) is 38.7 Å². The average Bonchev–Trinajstić information content (AvgIpc) is 2.76. The zero-order valence-electron chi connectivity index (χ0n) is 24.5. The highest BCUT2D eigenvalue weighted by molar-refractivity contribution is 6.74. The highest BCUT2D eigenvalue weighted by Crippen LogP contribution is 2.39. The van der Waals surface area contributed by atoms with Gasteiger partial charge in [0.15, 0.2) is 8.32 Å². The van der Waals surface area contributed by atoms with Gasteiger partial charge in [-0.1, -0.05) is 91.8 Å². The van der Waals surface area contributed by atoms with Crippen LogP contribution in [0.25, 0.3) is 0 Å². The van der Waals surface area contributed by atoms with Gasteiger partial charge in [-0.25, -0.2) is 4.79 Å². The number of carbonyl (C=O) groups excluding carboxylic acids is 3. The van der Waals surface area contributed by atoms with Crippen LogP contribution in [0.3, 0.4) is 0 Å². The summed E-state index contributed by atoms with van der Waals surface area (Å²) in [5, 5.41) is 0.0327. The predicted molar refractivity (Wildman–Crippen MR) is 151 cm³/mol. The number of allylic oxidation sites excluding steroid dienone is 3. The van der Waals surface area contributed by atoms with Crippen molar-refractivity contribution in [1.29, 1.82) is 0 Å². The predicted octanol–water partition coefficient (Wildman–Crippen LogP) is 6.87. The topological polar surface area (TPSA) is 95.7 Å². The largest absolute Gasteiger partial charge is 0.445 e. The lowest BCUT2D eigenvalue weighted by molar-refractivity contribution is -0.129. The molecule has 0 rings (SSSR count). The van der Waals surface area contributed by atoms with Crippen LogP contribution in [0.15, 0.2) is 36.5 Å². The van der Waals surface area contributed by atoms with E-state index in [1.54, 1.807) is 19.1 Å². The van der Waals surface area contributed by atoms with Crippen molar-refractivity contribution in [3.63, 3.8) is 0 Å². The lowest BCUT2D eigenvalue weighted by atomic mass is 9.82. The maximum atomic E-state index is 13.3. The Morgan fingerprint density at radius 3 is 2.00 bits per heavy atom. The van der Waals surface area contributed by atoms with Crippen LogP contribution in [0.4, 0.5) is 4.79 Å². The van der Waals surface area contributed by atoms with E-state index in [4.69, 9.17) is 14.9 Å². The lowest BCUT2D eigenvalue weighted by Crippen LogP contribution is -2.47. The van der Waals surface area contributed by atoms with Crippen molar-refractivity contribution in [2.45, 2.75) is 99.1 Å². The van der Waals surface area contributed by atoms with Crippen LogP contribution in [0.5, 0.6) is 0 Å². The minimum Gasteiger partial charge on any atom is -0.445 e. The van der Waals surface area contributed by atoms with Crippen molar-refractivity contribution < 1.29 is 23.5 Å². The highest BCUT2D eigenvalue weighted by atomic mass is 28.4. The number of nitrogens with two attached hydrogens (primary N) is 1. The van der Waals surface area contributed by atoms with E-state index in [0.29, 0.717) is 6.42 Å². The number of rotatable bonds is 15. The van der Waals surface area contributed by atoms with Gasteiger partial charge >= 0.3 is 6.09 Å². The van der Waals surface area contributed by atoms with E-state index >= 15 is 0 Å². The number of primary amides is 1. The lowest BCUT2D eigenvalue weighted by Gasteiger charge is -2.41. The Balaban J connectivity index is 5.65. The van der Waals surface area contributed by atoms with Crippen LogP contribution in [0.2, 0.25) is 18.1 Å². The first-order valence-corrected chi connectivity index (χ1v) is 15.9. The molecule has 0 fully saturated rings. The second-order valence-electron chi connectivity index (χ2n) is 11.9. The summed E-state index contributed by atoms with van der Waals surface area (Å²) in [6, 6.07) is 0. The Morgan fingerprint density at radius 1 is 1.00 bits per heavy atom. The number of hydrogen-bond donors (Lipinski definition) is 1. The highest BCUT2D eigenvalue weighted by Gasteiger charge is 2.41. The fraction of sp³-hybridized carbons (Fsp3) is 0.690. The van der Waals surface area contributed by atoms with Gasteiger partial charge < -0.3 is 19.7 Å². The Morgan fingerprint density at radius 2 is 1.56 bits per heavy atom. The zero-order chi connectivity index (χ0) is 28.4. The third-order valence-corrected chi connectivity index (χ3v) is 11.9. The van der Waals surface area contributed by atoms with E-state index in [0.717, 1.165) is 11.9 Å². The molecular weight excluding hydrogens is 470 g/mol. The van der Waals surface area contributed by atoms with Gasteiger partial charge in [0.1, 0.15) is 18.2 Å². The first-order valence-electron chi connectivity index (χ1n) is 13.0. The molecule has 0 radical (unpaired) electrons. The summed E-state index contributed by atoms with van der Waals surface area (Å²) in [6.07, 6.45) is 7.12. The number of aldehydes is 1. The Bertz CT molecular complexity index is 811. The zero-order valence-corrected chi connectivity index (χ0v) is 25.5. The maximum Gasteiger partial charge on any atom is 0.404 e. The molecule has 2 N–H and O–H groups in total. The van der Waals surface area contributed by atoms with Crippen LogP contribution in [0, 0.1) is 29.6 Å². The molecule has 1 amide bonds. The molecule has 0 aromatic carbocycles. The molecule has 0 spiro atoms. The standard InChI is InChI=1S/C29H51NO5Si/c1-13-14-15-20(3)27(34-28(30)33)24(7)25(32)21(4)16-19(2)17-22(5)26(23(6)18-31)35-36(11,12)29(8,9)10/h13-15,17-18,20-24,26-27H,1,16H2,2-12H3,(H2,30,33)/b15-14-,19-17-/t20-,21-,22-,23-,24-,26+,27-/m0/s1. The van der Waals surface area contributed by atoms with Gasteiger partial charge in [-0.15, -0.1) is 0 Å². The molecule has 0 aliphatic rings. The Hall–Kier alpha value is -1.99. The number of Topliss-reactive ketones (excluding diaryl/α,β-unsaturated/α-hetero) is 1. The number of amides is 1. The molecule has 206 valence electrons. The van der Waals surface area contributed by atoms with Crippen molar-refractivity contribution in [3.8, 4) is 0 Å². The molecule has 0 unspecified atom stereocenters. The second kappa shape index (κ2) is 14.7.